The molecule has 0 aliphatic rings. The molecular formula is C6H10F3N. The first-order chi connectivity index (χ1) is 4.45. The third-order valence-electron chi connectivity index (χ3n) is 1.06. The van der Waals surface area contributed by atoms with Crippen LogP contribution in [0, 0.1) is 0 Å². The normalized spacial score (nSPS) is 14.8. The van der Waals surface area contributed by atoms with E-state index in [-0.39, 0.29) is 6.42 Å². The first-order valence-electron chi connectivity index (χ1n) is 2.90. The summed E-state index contributed by atoms with van der Waals surface area (Å²) in [7, 11) is 0. The summed E-state index contributed by atoms with van der Waals surface area (Å²) in [5.41, 5.74) is 5.16. The topological polar surface area (TPSA) is 26.0 Å². The van der Waals surface area contributed by atoms with Crippen LogP contribution in [-0.4, -0.2) is 12.2 Å². The van der Waals surface area contributed by atoms with Gasteiger partial charge in [0.1, 0.15) is 0 Å². The van der Waals surface area contributed by atoms with Crippen LogP contribution in [0.25, 0.3) is 0 Å². The number of rotatable bonds is 3. The zero-order chi connectivity index (χ0) is 8.20. The van der Waals surface area contributed by atoms with Gasteiger partial charge in [-0.15, -0.1) is 6.58 Å². The number of hydrogen-bond acceptors (Lipinski definition) is 1. The Bertz CT molecular complexity index is 108. The maximum Gasteiger partial charge on any atom is 0.389 e. The standard InChI is InChI=1S/C6H10F3N/c1-2-5(10)3-4-6(7,8)9/h2,5H,1,3-4,10H2/t5-/m1/s1. The molecule has 2 N–H and O–H groups in total. The van der Waals surface area contributed by atoms with Gasteiger partial charge in [0.15, 0.2) is 0 Å². The number of nitrogens with two attached hydrogens (primary N) is 1. The molecule has 0 saturated carbocycles. The van der Waals surface area contributed by atoms with Gasteiger partial charge in [-0.1, -0.05) is 6.08 Å². The summed E-state index contributed by atoms with van der Waals surface area (Å²) < 4.78 is 34.4. The van der Waals surface area contributed by atoms with Gasteiger partial charge >= 0.3 is 6.18 Å². The Kier molecular flexibility index (Phi) is 3.42. The molecule has 0 saturated heterocycles. The second-order valence-corrected chi connectivity index (χ2v) is 2.05. The summed E-state index contributed by atoms with van der Waals surface area (Å²) in [6.07, 6.45) is -3.69. The van der Waals surface area contributed by atoms with Crippen LogP contribution in [-0.2, 0) is 0 Å². The Balaban J connectivity index is 3.45. The van der Waals surface area contributed by atoms with Gasteiger partial charge < -0.3 is 5.73 Å². The molecule has 0 spiro atoms. The Hall–Kier alpha value is -0.510. The van der Waals surface area contributed by atoms with Gasteiger partial charge in [0, 0.05) is 12.5 Å². The van der Waals surface area contributed by atoms with E-state index in [0.29, 0.717) is 0 Å². The van der Waals surface area contributed by atoms with Gasteiger partial charge in [-0.25, -0.2) is 0 Å². The van der Waals surface area contributed by atoms with Crippen LogP contribution in [0.5, 0.6) is 0 Å². The average molecular weight is 153 g/mol. The van der Waals surface area contributed by atoms with E-state index >= 15 is 0 Å². The minimum atomic E-state index is -4.10. The fourth-order valence-corrected chi connectivity index (χ4v) is 0.448. The van der Waals surface area contributed by atoms with Crippen molar-refractivity contribution in [2.75, 3.05) is 0 Å². The molecule has 0 unspecified atom stereocenters. The third-order valence-corrected chi connectivity index (χ3v) is 1.06. The molecule has 0 fully saturated rings. The van der Waals surface area contributed by atoms with Crippen LogP contribution in [0.3, 0.4) is 0 Å². The first-order valence-corrected chi connectivity index (χ1v) is 2.90. The Labute approximate surface area is 57.7 Å². The smallest absolute Gasteiger partial charge is 0.324 e. The molecule has 60 valence electrons. The monoisotopic (exact) mass is 153 g/mol. The zero-order valence-electron chi connectivity index (χ0n) is 5.49. The van der Waals surface area contributed by atoms with Crippen LogP contribution in [0.4, 0.5) is 13.2 Å². The Morgan fingerprint density at radius 3 is 2.30 bits per heavy atom. The molecule has 0 aromatic heterocycles. The minimum absolute atomic E-state index is 0.0764. The lowest BCUT2D eigenvalue weighted by molar-refractivity contribution is -0.135. The molecule has 0 amide bonds. The lowest BCUT2D eigenvalue weighted by Gasteiger charge is -2.07. The molecule has 1 atom stereocenters. The third kappa shape index (κ3) is 5.62. The highest BCUT2D eigenvalue weighted by atomic mass is 19.4. The minimum Gasteiger partial charge on any atom is -0.324 e. The molecule has 0 radical (unpaired) electrons. The predicted molar refractivity (Wildman–Crippen MR) is 33.5 cm³/mol. The molecule has 0 bridgehead atoms. The number of alkyl halides is 3. The van der Waals surface area contributed by atoms with E-state index in [1.807, 2.05) is 0 Å². The first kappa shape index (κ1) is 9.49. The van der Waals surface area contributed by atoms with E-state index in [2.05, 4.69) is 6.58 Å². The highest BCUT2D eigenvalue weighted by molar-refractivity contribution is 4.82. The second kappa shape index (κ2) is 3.61. The van der Waals surface area contributed by atoms with Crippen LogP contribution >= 0.6 is 0 Å². The maximum absolute atomic E-state index is 11.5. The Morgan fingerprint density at radius 1 is 1.50 bits per heavy atom. The fraction of sp³-hybridized carbons (Fsp3) is 0.667. The molecular weight excluding hydrogens is 143 g/mol. The summed E-state index contributed by atoms with van der Waals surface area (Å²) in [5.74, 6) is 0. The molecule has 0 rings (SSSR count). The van der Waals surface area contributed by atoms with E-state index in [4.69, 9.17) is 5.73 Å². The molecule has 0 aliphatic carbocycles. The molecule has 0 aromatic carbocycles. The van der Waals surface area contributed by atoms with Crippen LogP contribution in [0.1, 0.15) is 12.8 Å². The van der Waals surface area contributed by atoms with E-state index in [1.165, 1.54) is 6.08 Å². The lowest BCUT2D eigenvalue weighted by atomic mass is 10.2. The molecule has 4 heteroatoms. The molecule has 0 aromatic rings. The van der Waals surface area contributed by atoms with Gasteiger partial charge in [-0.05, 0) is 6.42 Å². The van der Waals surface area contributed by atoms with Crippen molar-refractivity contribution in [3.63, 3.8) is 0 Å². The van der Waals surface area contributed by atoms with E-state index in [9.17, 15) is 13.2 Å². The van der Waals surface area contributed by atoms with Gasteiger partial charge in [0.2, 0.25) is 0 Å². The van der Waals surface area contributed by atoms with Gasteiger partial charge in [-0.3, -0.25) is 0 Å². The van der Waals surface area contributed by atoms with Crippen molar-refractivity contribution in [3.8, 4) is 0 Å². The van der Waals surface area contributed by atoms with Crippen molar-refractivity contribution in [1.82, 2.24) is 0 Å². The van der Waals surface area contributed by atoms with E-state index < -0.39 is 18.6 Å². The molecule has 10 heavy (non-hydrogen) atoms. The quantitative estimate of drug-likeness (QED) is 0.615. The van der Waals surface area contributed by atoms with Gasteiger partial charge in [0.25, 0.3) is 0 Å². The van der Waals surface area contributed by atoms with Crippen molar-refractivity contribution in [3.05, 3.63) is 12.7 Å². The number of halogens is 3. The van der Waals surface area contributed by atoms with Crippen molar-refractivity contribution in [1.29, 1.82) is 0 Å². The van der Waals surface area contributed by atoms with Crippen LogP contribution in [0.15, 0.2) is 12.7 Å². The van der Waals surface area contributed by atoms with Gasteiger partial charge in [-0.2, -0.15) is 13.2 Å². The highest BCUT2D eigenvalue weighted by Gasteiger charge is 2.26. The summed E-state index contributed by atoms with van der Waals surface area (Å²) in [6, 6.07) is -0.540. The molecule has 0 heterocycles. The largest absolute Gasteiger partial charge is 0.389 e. The van der Waals surface area contributed by atoms with Crippen molar-refractivity contribution in [2.24, 2.45) is 5.73 Å². The van der Waals surface area contributed by atoms with Crippen molar-refractivity contribution in [2.45, 2.75) is 25.1 Å². The summed E-state index contributed by atoms with van der Waals surface area (Å²) >= 11 is 0. The lowest BCUT2D eigenvalue weighted by Crippen LogP contribution is -2.20. The highest BCUT2D eigenvalue weighted by Crippen LogP contribution is 2.21. The number of hydrogen-bond donors (Lipinski definition) is 1. The molecule has 0 aliphatic heterocycles. The Morgan fingerprint density at radius 2 is 2.00 bits per heavy atom. The predicted octanol–water partition coefficient (Wildman–Crippen LogP) is 1.84. The van der Waals surface area contributed by atoms with E-state index in [0.717, 1.165) is 0 Å². The van der Waals surface area contributed by atoms with E-state index in [1.54, 1.807) is 0 Å². The van der Waals surface area contributed by atoms with Gasteiger partial charge in [0.05, 0.1) is 0 Å². The fourth-order valence-electron chi connectivity index (χ4n) is 0.448. The summed E-state index contributed by atoms with van der Waals surface area (Å²) in [4.78, 5) is 0. The van der Waals surface area contributed by atoms with Crippen LogP contribution < -0.4 is 5.73 Å². The second-order valence-electron chi connectivity index (χ2n) is 2.05. The maximum atomic E-state index is 11.5. The van der Waals surface area contributed by atoms with Crippen molar-refractivity contribution < 1.29 is 13.2 Å². The summed E-state index contributed by atoms with van der Waals surface area (Å²) in [5, 5.41) is 0. The SMILES string of the molecule is C=C[C@@H](N)CCC(F)(F)F. The summed E-state index contributed by atoms with van der Waals surface area (Å²) in [6.45, 7) is 3.27. The average Bonchev–Trinajstić information content (AvgIpc) is 1.81. The van der Waals surface area contributed by atoms with Crippen LogP contribution in [0.2, 0.25) is 0 Å². The zero-order valence-corrected chi connectivity index (χ0v) is 5.49. The van der Waals surface area contributed by atoms with Crippen molar-refractivity contribution >= 4 is 0 Å². The molecule has 1 nitrogen and oxygen atoms in total.